The molecule has 0 aliphatic heterocycles. The summed E-state index contributed by atoms with van der Waals surface area (Å²) in [5, 5.41) is 0. The minimum Gasteiger partial charge on any atom is -0.336 e. The maximum Gasteiger partial charge on any atom is 0.193 e. The summed E-state index contributed by atoms with van der Waals surface area (Å²) in [6.45, 7) is 15.5. The molecule has 13 heavy (non-hydrogen) atoms. The standard InChI is InChI=1S/C9H26N2Si2/c1-9-10(2)13(7,8)11(3)12(4,5)6/h9H2,1-8H3. The van der Waals surface area contributed by atoms with Crippen LogP contribution < -0.4 is 0 Å². The molecule has 0 heterocycles. The van der Waals surface area contributed by atoms with Crippen LogP contribution in [0.1, 0.15) is 6.92 Å². The molecule has 0 rings (SSSR count). The minimum atomic E-state index is -1.32. The molecule has 0 amide bonds. The third-order valence-corrected chi connectivity index (χ3v) is 12.7. The smallest absolute Gasteiger partial charge is 0.193 e. The fraction of sp³-hybridized carbons (Fsp3) is 1.00. The molecule has 0 aromatic heterocycles. The van der Waals surface area contributed by atoms with E-state index in [2.05, 4.69) is 62.6 Å². The zero-order chi connectivity index (χ0) is 10.9. The first-order valence-electron chi connectivity index (χ1n) is 5.09. The molecule has 0 fully saturated rings. The molecule has 0 aliphatic carbocycles. The molecule has 4 heteroatoms. The monoisotopic (exact) mass is 218 g/mol. The van der Waals surface area contributed by atoms with Crippen LogP contribution in [0.4, 0.5) is 0 Å². The fourth-order valence-corrected chi connectivity index (χ4v) is 9.83. The maximum atomic E-state index is 2.68. The van der Waals surface area contributed by atoms with E-state index in [1.54, 1.807) is 0 Å². The molecule has 0 atom stereocenters. The van der Waals surface area contributed by atoms with Crippen LogP contribution in [-0.4, -0.2) is 46.1 Å². The minimum absolute atomic E-state index is 1.12. The summed E-state index contributed by atoms with van der Waals surface area (Å²) in [4.78, 5) is 0. The summed E-state index contributed by atoms with van der Waals surface area (Å²) in [5.41, 5.74) is 0. The van der Waals surface area contributed by atoms with E-state index in [0.717, 1.165) is 6.54 Å². The molecule has 0 saturated heterocycles. The largest absolute Gasteiger partial charge is 0.336 e. The lowest BCUT2D eigenvalue weighted by atomic mass is 10.8. The molecule has 0 saturated carbocycles. The second-order valence-corrected chi connectivity index (χ2v) is 15.1. The number of hydrogen-bond acceptors (Lipinski definition) is 2. The Morgan fingerprint density at radius 2 is 1.31 bits per heavy atom. The number of nitrogens with zero attached hydrogens (tertiary/aromatic N) is 2. The van der Waals surface area contributed by atoms with Gasteiger partial charge in [0.2, 0.25) is 0 Å². The summed E-state index contributed by atoms with van der Waals surface area (Å²) in [6, 6.07) is 0. The lowest BCUT2D eigenvalue weighted by Gasteiger charge is -2.46. The molecule has 0 N–H and O–H groups in total. The Labute approximate surface area is 86.2 Å². The molecule has 0 aromatic carbocycles. The van der Waals surface area contributed by atoms with Gasteiger partial charge in [0, 0.05) is 0 Å². The van der Waals surface area contributed by atoms with Gasteiger partial charge in [-0.25, -0.2) is 0 Å². The highest BCUT2D eigenvalue weighted by atomic mass is 28.4. The van der Waals surface area contributed by atoms with E-state index in [1.165, 1.54) is 0 Å². The van der Waals surface area contributed by atoms with Crippen LogP contribution in [0.5, 0.6) is 0 Å². The Morgan fingerprint density at radius 1 is 0.923 bits per heavy atom. The Morgan fingerprint density at radius 3 is 1.54 bits per heavy atom. The highest BCUT2D eigenvalue weighted by Crippen LogP contribution is 2.19. The van der Waals surface area contributed by atoms with Crippen LogP contribution in [0.2, 0.25) is 32.7 Å². The van der Waals surface area contributed by atoms with Gasteiger partial charge in [0.05, 0.1) is 0 Å². The van der Waals surface area contributed by atoms with Crippen LogP contribution in [0.15, 0.2) is 0 Å². The third-order valence-electron chi connectivity index (χ3n) is 3.24. The van der Waals surface area contributed by atoms with Crippen molar-refractivity contribution in [2.45, 2.75) is 39.7 Å². The molecule has 0 bridgehead atoms. The van der Waals surface area contributed by atoms with Crippen molar-refractivity contribution in [1.82, 2.24) is 8.80 Å². The summed E-state index contributed by atoms with van der Waals surface area (Å²) < 4.78 is 5.22. The first-order valence-corrected chi connectivity index (χ1v) is 11.4. The Balaban J connectivity index is 4.63. The van der Waals surface area contributed by atoms with Crippen molar-refractivity contribution in [1.29, 1.82) is 0 Å². The lowest BCUT2D eigenvalue weighted by Crippen LogP contribution is -2.66. The van der Waals surface area contributed by atoms with Crippen molar-refractivity contribution >= 4 is 16.6 Å². The van der Waals surface area contributed by atoms with Crippen LogP contribution in [-0.2, 0) is 0 Å². The van der Waals surface area contributed by atoms with Crippen molar-refractivity contribution in [2.24, 2.45) is 0 Å². The molecule has 0 aromatic rings. The summed E-state index contributed by atoms with van der Waals surface area (Å²) in [6.07, 6.45) is 0. The lowest BCUT2D eigenvalue weighted by molar-refractivity contribution is 0.485. The van der Waals surface area contributed by atoms with Gasteiger partial charge in [0.25, 0.3) is 0 Å². The van der Waals surface area contributed by atoms with Gasteiger partial charge in [-0.3, -0.25) is 0 Å². The van der Waals surface area contributed by atoms with E-state index in [1.807, 2.05) is 0 Å². The van der Waals surface area contributed by atoms with Gasteiger partial charge in [0.1, 0.15) is 8.24 Å². The van der Waals surface area contributed by atoms with Crippen LogP contribution in [0.25, 0.3) is 0 Å². The predicted octanol–water partition coefficient (Wildman–Crippen LogP) is 2.41. The average molecular weight is 218 g/mol. The highest BCUT2D eigenvalue weighted by Gasteiger charge is 2.37. The van der Waals surface area contributed by atoms with Crippen molar-refractivity contribution in [3.63, 3.8) is 0 Å². The van der Waals surface area contributed by atoms with E-state index < -0.39 is 16.6 Å². The van der Waals surface area contributed by atoms with Gasteiger partial charge in [-0.05, 0) is 33.7 Å². The van der Waals surface area contributed by atoms with Crippen LogP contribution in [0.3, 0.4) is 0 Å². The molecular weight excluding hydrogens is 192 g/mol. The molecule has 0 spiro atoms. The second kappa shape index (κ2) is 4.25. The van der Waals surface area contributed by atoms with Gasteiger partial charge in [-0.2, -0.15) is 0 Å². The third kappa shape index (κ3) is 3.20. The highest BCUT2D eigenvalue weighted by molar-refractivity contribution is 6.88. The second-order valence-electron chi connectivity index (χ2n) is 5.24. The SMILES string of the molecule is CCN(C)[Si](C)(C)N(C)[Si](C)(C)C. The zero-order valence-electron chi connectivity index (χ0n) is 10.6. The Bertz CT molecular complexity index is 163. The van der Waals surface area contributed by atoms with E-state index in [9.17, 15) is 0 Å². The van der Waals surface area contributed by atoms with Crippen molar-refractivity contribution < 1.29 is 0 Å². The van der Waals surface area contributed by atoms with Gasteiger partial charge >= 0.3 is 0 Å². The number of hydrogen-bond donors (Lipinski definition) is 0. The topological polar surface area (TPSA) is 6.48 Å². The zero-order valence-corrected chi connectivity index (χ0v) is 12.6. The van der Waals surface area contributed by atoms with E-state index in [0.29, 0.717) is 0 Å². The van der Waals surface area contributed by atoms with Gasteiger partial charge < -0.3 is 8.80 Å². The summed E-state index contributed by atoms with van der Waals surface area (Å²) in [5.74, 6) is 0. The first kappa shape index (κ1) is 13.4. The van der Waals surface area contributed by atoms with E-state index in [4.69, 9.17) is 0 Å². The molecule has 80 valence electrons. The summed E-state index contributed by atoms with van der Waals surface area (Å²) >= 11 is 0. The van der Waals surface area contributed by atoms with Gasteiger partial charge in [-0.15, -0.1) is 0 Å². The first-order chi connectivity index (χ1) is 5.64. The summed E-state index contributed by atoms with van der Waals surface area (Å²) in [7, 11) is 2.12. The Hall–Kier alpha value is 0.354. The van der Waals surface area contributed by atoms with Crippen LogP contribution in [0, 0.1) is 0 Å². The normalized spacial score (nSPS) is 14.3. The van der Waals surface area contributed by atoms with Gasteiger partial charge in [0.15, 0.2) is 8.40 Å². The van der Waals surface area contributed by atoms with E-state index >= 15 is 0 Å². The van der Waals surface area contributed by atoms with Gasteiger partial charge in [-0.1, -0.05) is 26.6 Å². The quantitative estimate of drug-likeness (QED) is 0.669. The van der Waals surface area contributed by atoms with Crippen molar-refractivity contribution in [2.75, 3.05) is 20.6 Å². The van der Waals surface area contributed by atoms with E-state index in [-0.39, 0.29) is 0 Å². The molecule has 0 radical (unpaired) electrons. The van der Waals surface area contributed by atoms with Crippen LogP contribution >= 0.6 is 0 Å². The molecule has 0 unspecified atom stereocenters. The van der Waals surface area contributed by atoms with Crippen molar-refractivity contribution in [3.8, 4) is 0 Å². The number of rotatable bonds is 4. The fourth-order valence-electron chi connectivity index (χ4n) is 1.46. The average Bonchev–Trinajstić information content (AvgIpc) is 1.99. The molecule has 2 nitrogen and oxygen atoms in total. The molecular formula is C9H26N2Si2. The maximum absolute atomic E-state index is 2.68. The predicted molar refractivity (Wildman–Crippen MR) is 66.9 cm³/mol. The Kier molecular flexibility index (Phi) is 4.37. The van der Waals surface area contributed by atoms with Crippen molar-refractivity contribution in [3.05, 3.63) is 0 Å². The molecule has 0 aliphatic rings.